The Hall–Kier alpha value is -2.00. The van der Waals surface area contributed by atoms with Crippen molar-refractivity contribution in [1.82, 2.24) is 4.72 Å². The number of nitrogens with zero attached hydrogens (tertiary/aromatic N) is 1. The lowest BCUT2D eigenvalue weighted by atomic mass is 10.1. The predicted octanol–water partition coefficient (Wildman–Crippen LogP) is 1.74. The van der Waals surface area contributed by atoms with E-state index in [4.69, 9.17) is 5.11 Å². The summed E-state index contributed by atoms with van der Waals surface area (Å²) in [4.78, 5) is 21.1. The largest absolute Gasteiger partial charge is 0.480 e. The van der Waals surface area contributed by atoms with E-state index in [0.29, 0.717) is 17.5 Å². The van der Waals surface area contributed by atoms with Gasteiger partial charge in [-0.15, -0.1) is 0 Å². The molecule has 1 unspecified atom stereocenters. The molecular weight excluding hydrogens is 312 g/mol. The molecule has 1 rings (SSSR count). The van der Waals surface area contributed by atoms with E-state index in [1.165, 1.54) is 19.9 Å². The highest BCUT2D eigenvalue weighted by atomic mass is 32.2. The Labute approximate surface area is 128 Å². The minimum Gasteiger partial charge on any atom is -0.480 e. The average molecular weight is 330 g/mol. The van der Waals surface area contributed by atoms with Crippen LogP contribution in [0.2, 0.25) is 0 Å². The molecule has 1 atom stereocenters. The van der Waals surface area contributed by atoms with E-state index in [-0.39, 0.29) is 17.0 Å². The first-order valence-corrected chi connectivity index (χ1v) is 8.09. The maximum atomic E-state index is 12.3. The zero-order chi connectivity index (χ0) is 17.1. The number of benzene rings is 1. The van der Waals surface area contributed by atoms with E-state index in [1.54, 1.807) is 6.92 Å². The number of nitro benzene ring substituents is 1. The van der Waals surface area contributed by atoms with Gasteiger partial charge in [-0.1, -0.05) is 13.3 Å². The summed E-state index contributed by atoms with van der Waals surface area (Å²) in [5, 5.41) is 20.0. The number of aryl methyl sites for hydroxylation is 2. The van der Waals surface area contributed by atoms with Crippen molar-refractivity contribution >= 4 is 21.7 Å². The molecule has 0 spiro atoms. The molecule has 0 amide bonds. The van der Waals surface area contributed by atoms with Crippen molar-refractivity contribution in [3.63, 3.8) is 0 Å². The van der Waals surface area contributed by atoms with E-state index in [0.717, 1.165) is 6.07 Å². The lowest BCUT2D eigenvalue weighted by Crippen LogP contribution is -2.40. The normalized spacial score (nSPS) is 12.9. The second-order valence-corrected chi connectivity index (χ2v) is 6.64. The third-order valence-electron chi connectivity index (χ3n) is 3.15. The molecule has 9 heteroatoms. The third kappa shape index (κ3) is 4.01. The first kappa shape index (κ1) is 18.1. The van der Waals surface area contributed by atoms with Crippen LogP contribution in [-0.2, 0) is 14.8 Å². The summed E-state index contributed by atoms with van der Waals surface area (Å²) in [5.74, 6) is -1.29. The third-order valence-corrected chi connectivity index (χ3v) is 4.77. The molecule has 8 nitrogen and oxygen atoms in total. The van der Waals surface area contributed by atoms with Gasteiger partial charge in [-0.05, 0) is 31.9 Å². The Morgan fingerprint density at radius 3 is 2.41 bits per heavy atom. The molecule has 2 N–H and O–H groups in total. The van der Waals surface area contributed by atoms with Crippen LogP contribution in [0.4, 0.5) is 5.69 Å². The molecule has 0 aromatic heterocycles. The van der Waals surface area contributed by atoms with Crippen LogP contribution in [0.3, 0.4) is 0 Å². The lowest BCUT2D eigenvalue weighted by molar-refractivity contribution is -0.385. The van der Waals surface area contributed by atoms with E-state index >= 15 is 0 Å². The molecule has 122 valence electrons. The first-order valence-electron chi connectivity index (χ1n) is 6.61. The number of hydrogen-bond donors (Lipinski definition) is 2. The molecule has 0 aliphatic rings. The number of hydrogen-bond acceptors (Lipinski definition) is 5. The Kier molecular flexibility index (Phi) is 5.61. The standard InChI is InChI=1S/C13H18N2O6S/c1-4-5-10(13(16)17)14-22(20,21)12-7-11(15(18)19)8(2)6-9(12)3/h6-7,10,14H,4-5H2,1-3H3,(H,16,17). The molecule has 0 saturated carbocycles. The minimum atomic E-state index is -4.17. The van der Waals surface area contributed by atoms with Gasteiger partial charge in [-0.3, -0.25) is 14.9 Å². The van der Waals surface area contributed by atoms with Crippen LogP contribution in [0, 0.1) is 24.0 Å². The Morgan fingerprint density at radius 2 is 1.95 bits per heavy atom. The van der Waals surface area contributed by atoms with E-state index in [1.807, 2.05) is 0 Å². The van der Waals surface area contributed by atoms with Crippen molar-refractivity contribution in [1.29, 1.82) is 0 Å². The summed E-state index contributed by atoms with van der Waals surface area (Å²) < 4.78 is 26.8. The van der Waals surface area contributed by atoms with Crippen LogP contribution < -0.4 is 4.72 Å². The summed E-state index contributed by atoms with van der Waals surface area (Å²) in [5.41, 5.74) is 0.328. The molecule has 0 aliphatic carbocycles. The van der Waals surface area contributed by atoms with Crippen molar-refractivity contribution in [2.75, 3.05) is 0 Å². The molecule has 0 heterocycles. The lowest BCUT2D eigenvalue weighted by Gasteiger charge is -2.15. The van der Waals surface area contributed by atoms with Gasteiger partial charge in [-0.2, -0.15) is 4.72 Å². The fourth-order valence-electron chi connectivity index (χ4n) is 2.08. The van der Waals surface area contributed by atoms with Crippen molar-refractivity contribution < 1.29 is 23.2 Å². The fraction of sp³-hybridized carbons (Fsp3) is 0.462. The number of carboxylic acid groups (broad SMARTS) is 1. The second-order valence-electron chi connectivity index (χ2n) is 4.96. The van der Waals surface area contributed by atoms with Crippen LogP contribution in [-0.4, -0.2) is 30.5 Å². The van der Waals surface area contributed by atoms with Gasteiger partial charge in [0.2, 0.25) is 10.0 Å². The Morgan fingerprint density at radius 1 is 1.36 bits per heavy atom. The smallest absolute Gasteiger partial charge is 0.321 e. The summed E-state index contributed by atoms with van der Waals surface area (Å²) in [6.07, 6.45) is 0.605. The number of nitro groups is 1. The highest BCUT2D eigenvalue weighted by Crippen LogP contribution is 2.26. The van der Waals surface area contributed by atoms with Gasteiger partial charge in [0.1, 0.15) is 6.04 Å². The number of sulfonamides is 1. The molecular formula is C13H18N2O6S. The van der Waals surface area contributed by atoms with Gasteiger partial charge in [0.05, 0.1) is 9.82 Å². The van der Waals surface area contributed by atoms with Crippen molar-refractivity contribution in [2.45, 2.75) is 44.6 Å². The maximum Gasteiger partial charge on any atom is 0.321 e. The van der Waals surface area contributed by atoms with Gasteiger partial charge < -0.3 is 5.11 Å². The quantitative estimate of drug-likeness (QED) is 0.579. The number of rotatable bonds is 7. The van der Waals surface area contributed by atoms with Gasteiger partial charge in [0.15, 0.2) is 0 Å². The molecule has 1 aromatic rings. The highest BCUT2D eigenvalue weighted by Gasteiger charge is 2.28. The molecule has 0 saturated heterocycles. The Bertz CT molecular complexity index is 699. The van der Waals surface area contributed by atoms with Gasteiger partial charge in [0, 0.05) is 11.6 Å². The molecule has 22 heavy (non-hydrogen) atoms. The van der Waals surface area contributed by atoms with Crippen LogP contribution in [0.15, 0.2) is 17.0 Å². The predicted molar refractivity (Wildman–Crippen MR) is 79.2 cm³/mol. The first-order chi connectivity index (χ1) is 10.1. The van der Waals surface area contributed by atoms with Crippen molar-refractivity contribution in [2.24, 2.45) is 0 Å². The average Bonchev–Trinajstić information content (AvgIpc) is 2.36. The van der Waals surface area contributed by atoms with E-state index < -0.39 is 27.0 Å². The van der Waals surface area contributed by atoms with Crippen LogP contribution >= 0.6 is 0 Å². The Balaban J connectivity index is 3.30. The number of carbonyl (C=O) groups is 1. The van der Waals surface area contributed by atoms with Crippen molar-refractivity contribution in [3.05, 3.63) is 33.4 Å². The summed E-state index contributed by atoms with van der Waals surface area (Å²) in [6.45, 7) is 4.74. The number of aliphatic carboxylic acids is 1. The zero-order valence-electron chi connectivity index (χ0n) is 12.5. The fourth-order valence-corrected chi connectivity index (χ4v) is 3.55. The van der Waals surface area contributed by atoms with Crippen LogP contribution in [0.1, 0.15) is 30.9 Å². The van der Waals surface area contributed by atoms with Crippen LogP contribution in [0.5, 0.6) is 0 Å². The molecule has 1 aromatic carbocycles. The minimum absolute atomic E-state index is 0.127. The van der Waals surface area contributed by atoms with E-state index in [2.05, 4.69) is 4.72 Å². The molecule has 0 bridgehead atoms. The van der Waals surface area contributed by atoms with Crippen molar-refractivity contribution in [3.8, 4) is 0 Å². The summed E-state index contributed by atoms with van der Waals surface area (Å²) in [7, 11) is -4.17. The van der Waals surface area contributed by atoms with Gasteiger partial charge in [-0.25, -0.2) is 8.42 Å². The maximum absolute atomic E-state index is 12.3. The molecule has 0 fully saturated rings. The second kappa shape index (κ2) is 6.84. The van der Waals surface area contributed by atoms with E-state index in [9.17, 15) is 23.3 Å². The van der Waals surface area contributed by atoms with Crippen LogP contribution in [0.25, 0.3) is 0 Å². The van der Waals surface area contributed by atoms with Gasteiger partial charge in [0.25, 0.3) is 5.69 Å². The highest BCUT2D eigenvalue weighted by molar-refractivity contribution is 7.89. The molecule has 0 radical (unpaired) electrons. The van der Waals surface area contributed by atoms with Gasteiger partial charge >= 0.3 is 5.97 Å². The summed E-state index contributed by atoms with van der Waals surface area (Å²) >= 11 is 0. The monoisotopic (exact) mass is 330 g/mol. The summed E-state index contributed by atoms with van der Waals surface area (Å²) in [6, 6.07) is 1.08. The molecule has 0 aliphatic heterocycles. The number of carboxylic acids is 1. The number of nitrogens with one attached hydrogen (secondary N) is 1. The SMILES string of the molecule is CCCC(NS(=O)(=O)c1cc([N+](=O)[O-])c(C)cc1C)C(=O)O. The topological polar surface area (TPSA) is 127 Å². The zero-order valence-corrected chi connectivity index (χ0v) is 13.3.